The van der Waals surface area contributed by atoms with Gasteiger partial charge in [-0.25, -0.2) is 4.79 Å². The molecule has 1 aliphatic rings. The average Bonchev–Trinajstić information content (AvgIpc) is 2.79. The lowest BCUT2D eigenvalue weighted by atomic mass is 9.99. The van der Waals surface area contributed by atoms with Crippen LogP contribution in [-0.2, 0) is 16.1 Å². The molecule has 0 bridgehead atoms. The number of benzene rings is 2. The molecule has 3 rings (SSSR count). The lowest BCUT2D eigenvalue weighted by Crippen LogP contribution is -2.37. The molecule has 1 fully saturated rings. The van der Waals surface area contributed by atoms with E-state index in [1.807, 2.05) is 68.6 Å². The van der Waals surface area contributed by atoms with E-state index in [1.165, 1.54) is 0 Å². The number of nitrogens with zero attached hydrogens (tertiary/aromatic N) is 1. The normalized spacial score (nSPS) is 20.7. The number of nitrogens with one attached hydrogen (secondary N) is 2. The zero-order valence-corrected chi connectivity index (χ0v) is 18.8. The number of amides is 2. The van der Waals surface area contributed by atoms with Crippen LogP contribution in [0.1, 0.15) is 42.4 Å². The van der Waals surface area contributed by atoms with Gasteiger partial charge in [-0.3, -0.25) is 0 Å². The van der Waals surface area contributed by atoms with Gasteiger partial charge in [-0.05, 0) is 37.2 Å². The Bertz CT molecular complexity index is 887. The molecule has 1 heterocycles. The molecule has 0 saturated carbocycles. The first-order valence-electron chi connectivity index (χ1n) is 11.0. The van der Waals surface area contributed by atoms with Crippen LogP contribution in [0.25, 0.3) is 0 Å². The van der Waals surface area contributed by atoms with Gasteiger partial charge in [0, 0.05) is 37.3 Å². The number of ether oxygens (including phenoxy) is 2. The first kappa shape index (κ1) is 23.9. The maximum Gasteiger partial charge on any atom is 0.319 e. The van der Waals surface area contributed by atoms with Crippen LogP contribution < -0.4 is 10.6 Å². The van der Waals surface area contributed by atoms with E-state index in [9.17, 15) is 9.90 Å². The summed E-state index contributed by atoms with van der Waals surface area (Å²) >= 11 is 0. The van der Waals surface area contributed by atoms with E-state index in [4.69, 9.17) is 9.47 Å². The first-order valence-corrected chi connectivity index (χ1v) is 11.0. The third-order valence-electron chi connectivity index (χ3n) is 5.33. The van der Waals surface area contributed by atoms with E-state index in [-0.39, 0.29) is 24.8 Å². The van der Waals surface area contributed by atoms with Crippen molar-refractivity contribution in [3.05, 3.63) is 77.9 Å². The fourth-order valence-corrected chi connectivity index (χ4v) is 3.77. The number of hydrogen-bond donors (Lipinski definition) is 3. The van der Waals surface area contributed by atoms with Crippen molar-refractivity contribution < 1.29 is 19.4 Å². The minimum Gasteiger partial charge on any atom is -0.392 e. The molecular weight excluding hydrogens is 406 g/mol. The summed E-state index contributed by atoms with van der Waals surface area (Å²) in [5.74, 6) is 0. The molecule has 7 nitrogen and oxygen atoms in total. The number of carbonyl (C=O) groups is 1. The van der Waals surface area contributed by atoms with Gasteiger partial charge >= 0.3 is 6.03 Å². The molecule has 0 radical (unpaired) electrons. The predicted octanol–water partition coefficient (Wildman–Crippen LogP) is 3.98. The van der Waals surface area contributed by atoms with E-state index in [0.717, 1.165) is 29.8 Å². The molecule has 7 heteroatoms. The van der Waals surface area contributed by atoms with Gasteiger partial charge < -0.3 is 30.1 Å². The van der Waals surface area contributed by atoms with Crippen LogP contribution in [0.3, 0.4) is 0 Å². The molecular formula is C25H33N3O4. The molecule has 3 atom stereocenters. The molecule has 0 aromatic heterocycles. The third kappa shape index (κ3) is 6.64. The van der Waals surface area contributed by atoms with Crippen LogP contribution in [0.4, 0.5) is 10.5 Å². The monoisotopic (exact) mass is 439 g/mol. The Morgan fingerprint density at radius 2 is 2.00 bits per heavy atom. The van der Waals surface area contributed by atoms with Crippen LogP contribution in [0, 0.1) is 0 Å². The topological polar surface area (TPSA) is 83.1 Å². The Labute approximate surface area is 190 Å². The van der Waals surface area contributed by atoms with Crippen molar-refractivity contribution in [3.63, 3.8) is 0 Å². The van der Waals surface area contributed by atoms with Gasteiger partial charge in [0.2, 0.25) is 0 Å². The molecule has 32 heavy (non-hydrogen) atoms. The summed E-state index contributed by atoms with van der Waals surface area (Å²) in [6.45, 7) is 7.77. The SMILES string of the molecule is C=CCN(C)C[C@@H]1C[C@H](c2ccc(CO)cc2)O[C@H](c2cccc(NC(=O)NCC)c2)O1. The van der Waals surface area contributed by atoms with Crippen LogP contribution in [0.15, 0.2) is 61.2 Å². The highest BCUT2D eigenvalue weighted by atomic mass is 16.7. The standard InChI is InChI=1S/C25H33N3O4/c1-4-13-28(3)16-22-15-23(19-11-9-18(17-29)10-12-19)32-24(31-22)20-7-6-8-21(14-20)27-25(30)26-5-2/h4,6-12,14,22-24,29H,1,5,13,15-17H2,2-3H3,(H2,26,27,30)/t22-,23+,24+/m0/s1. The quantitative estimate of drug-likeness (QED) is 0.515. The second-order valence-corrected chi connectivity index (χ2v) is 7.97. The number of aliphatic hydroxyl groups excluding tert-OH is 1. The fourth-order valence-electron chi connectivity index (χ4n) is 3.77. The third-order valence-corrected chi connectivity index (χ3v) is 5.33. The predicted molar refractivity (Wildman–Crippen MR) is 125 cm³/mol. The van der Waals surface area contributed by atoms with Crippen molar-refractivity contribution in [1.29, 1.82) is 0 Å². The number of hydrogen-bond acceptors (Lipinski definition) is 5. The van der Waals surface area contributed by atoms with Crippen LogP contribution >= 0.6 is 0 Å². The average molecular weight is 440 g/mol. The minimum absolute atomic E-state index is 0.0118. The summed E-state index contributed by atoms with van der Waals surface area (Å²) in [5, 5.41) is 14.9. The van der Waals surface area contributed by atoms with E-state index in [0.29, 0.717) is 18.7 Å². The summed E-state index contributed by atoms with van der Waals surface area (Å²) in [5.41, 5.74) is 3.43. The molecule has 0 spiro atoms. The van der Waals surface area contributed by atoms with Crippen LogP contribution in [0.2, 0.25) is 0 Å². The Kier molecular flexibility index (Phi) is 8.81. The second-order valence-electron chi connectivity index (χ2n) is 7.97. The molecule has 3 N–H and O–H groups in total. The Hall–Kier alpha value is -2.71. The lowest BCUT2D eigenvalue weighted by Gasteiger charge is -2.37. The summed E-state index contributed by atoms with van der Waals surface area (Å²) in [6.07, 6.45) is 1.83. The highest BCUT2D eigenvalue weighted by Crippen LogP contribution is 2.38. The maximum absolute atomic E-state index is 11.9. The second kappa shape index (κ2) is 11.8. The molecule has 0 aliphatic carbocycles. The van der Waals surface area contributed by atoms with E-state index < -0.39 is 6.29 Å². The van der Waals surface area contributed by atoms with Crippen molar-refractivity contribution in [2.45, 2.75) is 38.4 Å². The van der Waals surface area contributed by atoms with Gasteiger partial charge in [0.05, 0.1) is 18.8 Å². The van der Waals surface area contributed by atoms with Crippen LogP contribution in [-0.4, -0.2) is 48.8 Å². The zero-order chi connectivity index (χ0) is 22.9. The molecule has 2 amide bonds. The van der Waals surface area contributed by atoms with Crippen molar-refractivity contribution in [3.8, 4) is 0 Å². The minimum atomic E-state index is -0.565. The van der Waals surface area contributed by atoms with E-state index in [2.05, 4.69) is 22.1 Å². The molecule has 1 saturated heterocycles. The van der Waals surface area contributed by atoms with Crippen LogP contribution in [0.5, 0.6) is 0 Å². The van der Waals surface area contributed by atoms with Gasteiger partial charge in [-0.15, -0.1) is 6.58 Å². The number of anilines is 1. The summed E-state index contributed by atoms with van der Waals surface area (Å²) in [6, 6.07) is 15.1. The lowest BCUT2D eigenvalue weighted by molar-refractivity contribution is -0.252. The van der Waals surface area contributed by atoms with Crippen molar-refractivity contribution >= 4 is 11.7 Å². The molecule has 2 aromatic carbocycles. The van der Waals surface area contributed by atoms with Gasteiger partial charge in [-0.1, -0.05) is 42.5 Å². The Morgan fingerprint density at radius 1 is 1.22 bits per heavy atom. The number of aliphatic hydroxyl groups is 1. The summed E-state index contributed by atoms with van der Waals surface area (Å²) in [7, 11) is 2.04. The zero-order valence-electron chi connectivity index (χ0n) is 18.8. The highest BCUT2D eigenvalue weighted by Gasteiger charge is 2.32. The first-order chi connectivity index (χ1) is 15.5. The number of urea groups is 1. The van der Waals surface area contributed by atoms with E-state index >= 15 is 0 Å². The van der Waals surface area contributed by atoms with Gasteiger partial charge in [-0.2, -0.15) is 0 Å². The molecule has 0 unspecified atom stereocenters. The smallest absolute Gasteiger partial charge is 0.319 e. The number of carbonyl (C=O) groups excluding carboxylic acids is 1. The molecule has 1 aliphatic heterocycles. The maximum atomic E-state index is 11.9. The number of rotatable bonds is 9. The largest absolute Gasteiger partial charge is 0.392 e. The van der Waals surface area contributed by atoms with Crippen molar-refractivity contribution in [2.75, 3.05) is 32.0 Å². The van der Waals surface area contributed by atoms with Gasteiger partial charge in [0.1, 0.15) is 0 Å². The highest BCUT2D eigenvalue weighted by molar-refractivity contribution is 5.89. The van der Waals surface area contributed by atoms with E-state index in [1.54, 1.807) is 0 Å². The van der Waals surface area contributed by atoms with Gasteiger partial charge in [0.15, 0.2) is 6.29 Å². The Morgan fingerprint density at radius 3 is 2.69 bits per heavy atom. The van der Waals surface area contributed by atoms with Crippen molar-refractivity contribution in [1.82, 2.24) is 10.2 Å². The van der Waals surface area contributed by atoms with Gasteiger partial charge in [0.25, 0.3) is 0 Å². The fraction of sp³-hybridized carbons (Fsp3) is 0.400. The Balaban J connectivity index is 1.81. The molecule has 2 aromatic rings. The summed E-state index contributed by atoms with van der Waals surface area (Å²) < 4.78 is 12.7. The molecule has 172 valence electrons. The summed E-state index contributed by atoms with van der Waals surface area (Å²) in [4.78, 5) is 14.1. The van der Waals surface area contributed by atoms with Crippen molar-refractivity contribution in [2.24, 2.45) is 0 Å². The number of likely N-dealkylation sites (N-methyl/N-ethyl adjacent to an activating group) is 1.